The van der Waals surface area contributed by atoms with E-state index in [0.717, 1.165) is 6.21 Å². The average Bonchev–Trinajstić information content (AvgIpc) is 1.87. The number of hydrogen-bond donors (Lipinski definition) is 0. The zero-order chi connectivity index (χ0) is 5.28. The number of carbonyl (C=O) groups is 1. The zero-order valence-electron chi connectivity index (χ0n) is 3.76. The molecule has 0 fully saturated rings. The van der Waals surface area contributed by atoms with E-state index in [1.807, 2.05) is 0 Å². The maximum Gasteiger partial charge on any atom is 0.225 e. The zero-order valence-corrected chi connectivity index (χ0v) is 3.76. The summed E-state index contributed by atoms with van der Waals surface area (Å²) in [4.78, 5) is 10.2. The molecule has 0 N–H and O–H groups in total. The fourth-order valence-corrected chi connectivity index (χ4v) is 0.510. The van der Waals surface area contributed by atoms with Crippen molar-refractivity contribution in [3.05, 3.63) is 5.21 Å². The normalized spacial score (nSPS) is 20.0. The summed E-state index contributed by atoms with van der Waals surface area (Å²) in [7, 11) is 0. The van der Waals surface area contributed by atoms with Crippen molar-refractivity contribution in [2.24, 2.45) is 0 Å². The van der Waals surface area contributed by atoms with Gasteiger partial charge in [-0.25, -0.2) is 4.74 Å². The van der Waals surface area contributed by atoms with Crippen LogP contribution in [0, 0.1) is 5.21 Å². The minimum Gasteiger partial charge on any atom is -0.624 e. The van der Waals surface area contributed by atoms with Crippen molar-refractivity contribution in [2.45, 2.75) is 6.42 Å². The molecule has 0 atom stereocenters. The molecule has 3 heteroatoms. The Morgan fingerprint density at radius 3 is 2.71 bits per heavy atom. The van der Waals surface area contributed by atoms with E-state index in [1.165, 1.54) is 0 Å². The number of hydroxylamine groups is 1. The molecule has 0 saturated carbocycles. The number of nitrogens with zero attached hydrogens (tertiary/aromatic N) is 1. The molecule has 38 valence electrons. The van der Waals surface area contributed by atoms with Crippen LogP contribution in [0.25, 0.3) is 0 Å². The molecule has 0 amide bonds. The van der Waals surface area contributed by atoms with Crippen molar-refractivity contribution < 1.29 is 9.53 Å². The molecule has 7 heavy (non-hydrogen) atoms. The van der Waals surface area contributed by atoms with Crippen LogP contribution in [0.2, 0.25) is 0 Å². The Bertz CT molecular complexity index is 128. The largest absolute Gasteiger partial charge is 0.624 e. The van der Waals surface area contributed by atoms with Gasteiger partial charge < -0.3 is 5.21 Å². The second-order valence-corrected chi connectivity index (χ2v) is 1.49. The summed E-state index contributed by atoms with van der Waals surface area (Å²) in [5.41, 5.74) is 0. The van der Waals surface area contributed by atoms with Crippen LogP contribution in [0.3, 0.4) is 0 Å². The molecule has 0 radical (unpaired) electrons. The molecular formula is C4H5NO2. The number of hydrogen-bond acceptors (Lipinski definition) is 2. The Labute approximate surface area is 40.8 Å². The number of carbonyl (C=O) groups excluding carboxylic acids is 1. The standard InChI is InChI=1S/C4H5NO2/c6-4-1-2-5(7)3-4/h3H,1-2H2. The Balaban J connectivity index is 2.67. The van der Waals surface area contributed by atoms with Gasteiger partial charge in [-0.15, -0.1) is 0 Å². The van der Waals surface area contributed by atoms with E-state index in [9.17, 15) is 10.0 Å². The second-order valence-electron chi connectivity index (χ2n) is 1.49. The van der Waals surface area contributed by atoms with Crippen molar-refractivity contribution in [1.82, 2.24) is 0 Å². The SMILES string of the molecule is O=C1C=[N+]([O-])CC1. The van der Waals surface area contributed by atoms with Gasteiger partial charge in [-0.05, 0) is 0 Å². The highest BCUT2D eigenvalue weighted by atomic mass is 16.5. The molecule has 1 rings (SSSR count). The Morgan fingerprint density at radius 2 is 2.57 bits per heavy atom. The lowest BCUT2D eigenvalue weighted by Gasteiger charge is -1.89. The maximum atomic E-state index is 10.2. The van der Waals surface area contributed by atoms with E-state index in [2.05, 4.69) is 0 Å². The Kier molecular flexibility index (Phi) is 0.817. The van der Waals surface area contributed by atoms with Crippen LogP contribution in [0.5, 0.6) is 0 Å². The molecular weight excluding hydrogens is 94.0 g/mol. The first-order valence-corrected chi connectivity index (χ1v) is 2.10. The summed E-state index contributed by atoms with van der Waals surface area (Å²) >= 11 is 0. The molecule has 0 aromatic carbocycles. The summed E-state index contributed by atoms with van der Waals surface area (Å²) in [5, 5.41) is 10.1. The average molecular weight is 99.1 g/mol. The second kappa shape index (κ2) is 1.33. The quantitative estimate of drug-likeness (QED) is 0.304. The van der Waals surface area contributed by atoms with E-state index in [1.54, 1.807) is 0 Å². The summed E-state index contributed by atoms with van der Waals surface area (Å²) in [5.74, 6) is -0.0602. The number of ketones is 1. The van der Waals surface area contributed by atoms with Gasteiger partial charge in [-0.1, -0.05) is 0 Å². The molecule has 0 saturated heterocycles. The van der Waals surface area contributed by atoms with E-state index in [4.69, 9.17) is 0 Å². The fourth-order valence-electron chi connectivity index (χ4n) is 0.510. The van der Waals surface area contributed by atoms with Crippen molar-refractivity contribution >= 4 is 12.0 Å². The molecule has 0 spiro atoms. The molecule has 0 bridgehead atoms. The third kappa shape index (κ3) is 0.765. The van der Waals surface area contributed by atoms with Gasteiger partial charge in [0.1, 0.15) is 0 Å². The minimum absolute atomic E-state index is 0.0602. The van der Waals surface area contributed by atoms with Crippen LogP contribution < -0.4 is 0 Å². The monoisotopic (exact) mass is 99.0 g/mol. The molecule has 0 unspecified atom stereocenters. The smallest absolute Gasteiger partial charge is 0.225 e. The molecule has 0 aromatic rings. The van der Waals surface area contributed by atoms with E-state index < -0.39 is 0 Å². The van der Waals surface area contributed by atoms with Gasteiger partial charge >= 0.3 is 0 Å². The van der Waals surface area contributed by atoms with E-state index >= 15 is 0 Å². The van der Waals surface area contributed by atoms with Gasteiger partial charge in [0.05, 0.1) is 6.42 Å². The van der Waals surface area contributed by atoms with Crippen molar-refractivity contribution in [3.63, 3.8) is 0 Å². The molecule has 0 aliphatic carbocycles. The number of rotatable bonds is 0. The molecule has 1 heterocycles. The van der Waals surface area contributed by atoms with Gasteiger partial charge in [-0.2, -0.15) is 0 Å². The highest BCUT2D eigenvalue weighted by molar-refractivity contribution is 6.26. The van der Waals surface area contributed by atoms with E-state index in [0.29, 0.717) is 17.7 Å². The van der Waals surface area contributed by atoms with Crippen LogP contribution in [-0.4, -0.2) is 23.3 Å². The third-order valence-electron chi connectivity index (χ3n) is 0.867. The summed E-state index contributed by atoms with van der Waals surface area (Å²) in [6, 6.07) is 0. The Hall–Kier alpha value is -0.860. The van der Waals surface area contributed by atoms with Crippen LogP contribution in [-0.2, 0) is 4.79 Å². The van der Waals surface area contributed by atoms with Gasteiger partial charge in [-0.3, -0.25) is 4.79 Å². The van der Waals surface area contributed by atoms with Gasteiger partial charge in [0, 0.05) is 0 Å². The topological polar surface area (TPSA) is 43.1 Å². The fraction of sp³-hybridized carbons (Fsp3) is 0.500. The lowest BCUT2D eigenvalue weighted by molar-refractivity contribution is -0.443. The lowest BCUT2D eigenvalue weighted by atomic mass is 10.4. The Morgan fingerprint density at radius 1 is 1.86 bits per heavy atom. The van der Waals surface area contributed by atoms with Crippen LogP contribution in [0.1, 0.15) is 6.42 Å². The predicted molar refractivity (Wildman–Crippen MR) is 24.2 cm³/mol. The van der Waals surface area contributed by atoms with Gasteiger partial charge in [0.15, 0.2) is 6.54 Å². The first-order valence-electron chi connectivity index (χ1n) is 2.10. The van der Waals surface area contributed by atoms with Crippen molar-refractivity contribution in [2.75, 3.05) is 6.54 Å². The molecule has 1 aliphatic rings. The summed E-state index contributed by atoms with van der Waals surface area (Å²) in [6.07, 6.45) is 1.48. The van der Waals surface area contributed by atoms with Crippen molar-refractivity contribution in [1.29, 1.82) is 0 Å². The van der Waals surface area contributed by atoms with Gasteiger partial charge in [0.2, 0.25) is 12.0 Å². The van der Waals surface area contributed by atoms with E-state index in [-0.39, 0.29) is 5.78 Å². The molecule has 3 nitrogen and oxygen atoms in total. The van der Waals surface area contributed by atoms with Crippen molar-refractivity contribution in [3.8, 4) is 0 Å². The predicted octanol–water partition coefficient (Wildman–Crippen LogP) is -0.460. The van der Waals surface area contributed by atoms with Crippen LogP contribution in [0.15, 0.2) is 0 Å². The summed E-state index contributed by atoms with van der Waals surface area (Å²) < 4.78 is 0.655. The highest BCUT2D eigenvalue weighted by Crippen LogP contribution is 1.88. The first kappa shape index (κ1) is 4.30. The van der Waals surface area contributed by atoms with Gasteiger partial charge in [0.25, 0.3) is 0 Å². The van der Waals surface area contributed by atoms with Crippen LogP contribution >= 0.6 is 0 Å². The first-order chi connectivity index (χ1) is 3.29. The minimum atomic E-state index is -0.0602. The molecule has 0 aromatic heterocycles. The van der Waals surface area contributed by atoms with Crippen LogP contribution in [0.4, 0.5) is 0 Å². The lowest BCUT2D eigenvalue weighted by Crippen LogP contribution is -1.95. The maximum absolute atomic E-state index is 10.2. The third-order valence-corrected chi connectivity index (χ3v) is 0.867. The summed E-state index contributed by atoms with van der Waals surface area (Å²) in [6.45, 7) is 0.346. The molecule has 1 aliphatic heterocycles. The highest BCUT2D eigenvalue weighted by Gasteiger charge is 2.12. The number of Topliss-reactive ketones (excluding diaryl/α,β-unsaturated/α-hetero) is 1.